The Morgan fingerprint density at radius 2 is 2.20 bits per heavy atom. The third-order valence-corrected chi connectivity index (χ3v) is 6.24. The Morgan fingerprint density at radius 3 is 2.95 bits per heavy atom. The second-order valence-electron chi connectivity index (χ2n) is 5.14. The molecule has 2 saturated heterocycles. The van der Waals surface area contributed by atoms with Gasteiger partial charge in [0.15, 0.2) is 0 Å². The Hall–Kier alpha value is -1.13. The Kier molecular flexibility index (Phi) is 3.46. The van der Waals surface area contributed by atoms with Crippen molar-refractivity contribution in [3.05, 3.63) is 28.8 Å². The van der Waals surface area contributed by atoms with Gasteiger partial charge in [-0.05, 0) is 37.1 Å². The Bertz CT molecular complexity index is 683. The van der Waals surface area contributed by atoms with Gasteiger partial charge >= 0.3 is 0 Å². The summed E-state index contributed by atoms with van der Waals surface area (Å²) in [6.45, 7) is 2.04. The molecule has 106 valence electrons. The highest BCUT2D eigenvalue weighted by molar-refractivity contribution is 7.89. The zero-order valence-electron chi connectivity index (χ0n) is 10.7. The molecular formula is C13H14ClN3O2S. The van der Waals surface area contributed by atoms with E-state index in [2.05, 4.69) is 5.32 Å². The number of halogens is 1. The van der Waals surface area contributed by atoms with Gasteiger partial charge in [-0.15, -0.1) is 0 Å². The lowest BCUT2D eigenvalue weighted by atomic mass is 10.1. The lowest BCUT2D eigenvalue weighted by Crippen LogP contribution is -2.39. The van der Waals surface area contributed by atoms with E-state index in [1.54, 1.807) is 0 Å². The standard InChI is InChI=1S/C13H14ClN3O2S/c14-11-2-1-9(6-15)13(5-11)20(18,19)17-4-3-10-7-16-8-12(10)17/h1-2,5,10,12,16H,3-4,7-8H2/t10-,12+/m0/s1. The first-order valence-electron chi connectivity index (χ1n) is 6.46. The number of nitrogens with one attached hydrogen (secondary N) is 1. The minimum atomic E-state index is -3.67. The summed E-state index contributed by atoms with van der Waals surface area (Å²) < 4.78 is 27.1. The smallest absolute Gasteiger partial charge is 0.244 e. The van der Waals surface area contributed by atoms with Gasteiger partial charge in [0, 0.05) is 24.2 Å². The van der Waals surface area contributed by atoms with Crippen LogP contribution in [0.15, 0.2) is 23.1 Å². The molecule has 0 spiro atoms. The van der Waals surface area contributed by atoms with E-state index < -0.39 is 10.0 Å². The summed E-state index contributed by atoms with van der Waals surface area (Å²) in [5.74, 6) is 0.370. The summed E-state index contributed by atoms with van der Waals surface area (Å²) >= 11 is 5.89. The summed E-state index contributed by atoms with van der Waals surface area (Å²) in [5.41, 5.74) is 0.142. The molecule has 1 aromatic carbocycles. The number of rotatable bonds is 2. The molecule has 0 aliphatic carbocycles. The van der Waals surface area contributed by atoms with E-state index in [9.17, 15) is 8.42 Å². The van der Waals surface area contributed by atoms with Crippen molar-refractivity contribution in [2.75, 3.05) is 19.6 Å². The molecule has 5 nitrogen and oxygen atoms in total. The largest absolute Gasteiger partial charge is 0.315 e. The van der Waals surface area contributed by atoms with Gasteiger partial charge in [-0.3, -0.25) is 0 Å². The van der Waals surface area contributed by atoms with Gasteiger partial charge in [0.25, 0.3) is 0 Å². The Labute approximate surface area is 123 Å². The fourth-order valence-electron chi connectivity index (χ4n) is 3.04. The van der Waals surface area contributed by atoms with Crippen molar-refractivity contribution in [2.45, 2.75) is 17.4 Å². The van der Waals surface area contributed by atoms with Crippen molar-refractivity contribution in [1.82, 2.24) is 9.62 Å². The maximum atomic E-state index is 12.8. The molecule has 3 rings (SSSR count). The highest BCUT2D eigenvalue weighted by Crippen LogP contribution is 2.33. The number of sulfonamides is 1. The zero-order valence-corrected chi connectivity index (χ0v) is 12.3. The van der Waals surface area contributed by atoms with Gasteiger partial charge in [0.1, 0.15) is 11.0 Å². The van der Waals surface area contributed by atoms with Gasteiger partial charge in [-0.25, -0.2) is 8.42 Å². The van der Waals surface area contributed by atoms with Crippen molar-refractivity contribution in [3.8, 4) is 6.07 Å². The van der Waals surface area contributed by atoms with Gasteiger partial charge in [0.2, 0.25) is 10.0 Å². The molecule has 0 unspecified atom stereocenters. The van der Waals surface area contributed by atoms with Crippen LogP contribution in [-0.2, 0) is 10.0 Å². The molecule has 7 heteroatoms. The fourth-order valence-corrected chi connectivity index (χ4v) is 5.14. The van der Waals surface area contributed by atoms with Crippen LogP contribution in [0.1, 0.15) is 12.0 Å². The maximum Gasteiger partial charge on any atom is 0.244 e. The predicted molar refractivity (Wildman–Crippen MR) is 74.8 cm³/mol. The molecule has 2 heterocycles. The molecule has 0 aromatic heterocycles. The van der Waals surface area contributed by atoms with E-state index in [1.165, 1.54) is 22.5 Å². The van der Waals surface area contributed by atoms with Crippen LogP contribution in [0.2, 0.25) is 5.02 Å². The molecule has 2 fully saturated rings. The second kappa shape index (κ2) is 5.01. The molecule has 0 saturated carbocycles. The highest BCUT2D eigenvalue weighted by Gasteiger charge is 2.44. The van der Waals surface area contributed by atoms with E-state index in [0.29, 0.717) is 24.0 Å². The minimum Gasteiger partial charge on any atom is -0.315 e. The number of hydrogen-bond acceptors (Lipinski definition) is 4. The van der Waals surface area contributed by atoms with Crippen molar-refractivity contribution >= 4 is 21.6 Å². The number of fused-ring (bicyclic) bond motifs is 1. The van der Waals surface area contributed by atoms with E-state index in [1.807, 2.05) is 6.07 Å². The number of nitriles is 1. The van der Waals surface area contributed by atoms with Crippen LogP contribution < -0.4 is 5.32 Å². The molecule has 1 N–H and O–H groups in total. The summed E-state index contributed by atoms with van der Waals surface area (Å²) in [6, 6.07) is 6.27. The lowest BCUT2D eigenvalue weighted by Gasteiger charge is -2.23. The Morgan fingerprint density at radius 1 is 1.40 bits per heavy atom. The first-order valence-corrected chi connectivity index (χ1v) is 8.28. The Balaban J connectivity index is 2.05. The van der Waals surface area contributed by atoms with E-state index in [4.69, 9.17) is 16.9 Å². The number of benzene rings is 1. The highest BCUT2D eigenvalue weighted by atomic mass is 35.5. The molecule has 0 radical (unpaired) electrons. The maximum absolute atomic E-state index is 12.8. The summed E-state index contributed by atoms with van der Waals surface area (Å²) in [5, 5.41) is 12.7. The number of hydrogen-bond donors (Lipinski definition) is 1. The molecule has 0 amide bonds. The fraction of sp³-hybridized carbons (Fsp3) is 0.462. The first-order chi connectivity index (χ1) is 9.54. The van der Waals surface area contributed by atoms with Crippen molar-refractivity contribution < 1.29 is 8.42 Å². The SMILES string of the molecule is N#Cc1ccc(Cl)cc1S(=O)(=O)N1CC[C@H]2CNC[C@H]21. The topological polar surface area (TPSA) is 73.2 Å². The van der Waals surface area contributed by atoms with Gasteiger partial charge in [-0.1, -0.05) is 11.6 Å². The predicted octanol–water partition coefficient (Wildman–Crippen LogP) is 1.19. The third-order valence-electron chi connectivity index (χ3n) is 4.05. The van der Waals surface area contributed by atoms with Crippen LogP contribution in [0.4, 0.5) is 0 Å². The average Bonchev–Trinajstić information content (AvgIpc) is 3.00. The molecule has 2 aliphatic heterocycles. The van der Waals surface area contributed by atoms with Crippen molar-refractivity contribution in [3.63, 3.8) is 0 Å². The zero-order chi connectivity index (χ0) is 14.3. The average molecular weight is 312 g/mol. The van der Waals surface area contributed by atoms with Crippen LogP contribution >= 0.6 is 11.6 Å². The first kappa shape index (κ1) is 13.8. The van der Waals surface area contributed by atoms with Crippen LogP contribution in [0, 0.1) is 17.2 Å². The molecule has 1 aromatic rings. The van der Waals surface area contributed by atoms with Crippen molar-refractivity contribution in [1.29, 1.82) is 5.26 Å². The quantitative estimate of drug-likeness (QED) is 0.890. The molecular weight excluding hydrogens is 298 g/mol. The van der Waals surface area contributed by atoms with Gasteiger partial charge in [-0.2, -0.15) is 9.57 Å². The minimum absolute atomic E-state index is 0.00877. The third kappa shape index (κ3) is 2.11. The van der Waals surface area contributed by atoms with Crippen LogP contribution in [0.3, 0.4) is 0 Å². The van der Waals surface area contributed by atoms with Crippen molar-refractivity contribution in [2.24, 2.45) is 5.92 Å². The van der Waals surface area contributed by atoms with E-state index in [-0.39, 0.29) is 16.5 Å². The van der Waals surface area contributed by atoms with Gasteiger partial charge in [0.05, 0.1) is 5.56 Å². The van der Waals surface area contributed by atoms with Crippen LogP contribution in [0.5, 0.6) is 0 Å². The monoisotopic (exact) mass is 311 g/mol. The molecule has 2 aliphatic rings. The molecule has 0 bridgehead atoms. The second-order valence-corrected chi connectivity index (χ2v) is 7.44. The van der Waals surface area contributed by atoms with Crippen LogP contribution in [-0.4, -0.2) is 38.4 Å². The normalized spacial score (nSPS) is 26.4. The molecule has 20 heavy (non-hydrogen) atoms. The van der Waals surface area contributed by atoms with Crippen LogP contribution in [0.25, 0.3) is 0 Å². The molecule has 2 atom stereocenters. The summed E-state index contributed by atoms with van der Waals surface area (Å²) in [4.78, 5) is 0.0139. The number of nitrogens with zero attached hydrogens (tertiary/aromatic N) is 2. The van der Waals surface area contributed by atoms with Gasteiger partial charge < -0.3 is 5.32 Å². The lowest BCUT2D eigenvalue weighted by molar-refractivity contribution is 0.382. The van der Waals surface area contributed by atoms with E-state index >= 15 is 0 Å². The van der Waals surface area contributed by atoms with E-state index in [0.717, 1.165) is 13.0 Å². The summed E-state index contributed by atoms with van der Waals surface area (Å²) in [7, 11) is -3.67. The summed E-state index contributed by atoms with van der Waals surface area (Å²) in [6.07, 6.45) is 0.860.